The molecule has 0 radical (unpaired) electrons. The van der Waals surface area contributed by atoms with Gasteiger partial charge in [-0.15, -0.1) is 0 Å². The Bertz CT molecular complexity index is 683. The van der Waals surface area contributed by atoms with Crippen molar-refractivity contribution in [2.75, 3.05) is 27.2 Å². The Balaban J connectivity index is 1.67. The van der Waals surface area contributed by atoms with Gasteiger partial charge in [-0.3, -0.25) is 4.79 Å². The van der Waals surface area contributed by atoms with Crippen molar-refractivity contribution in [3.63, 3.8) is 0 Å². The molecule has 0 aliphatic carbocycles. The molecule has 0 bridgehead atoms. The minimum Gasteiger partial charge on any atom is -0.496 e. The molecule has 1 amide bonds. The van der Waals surface area contributed by atoms with Crippen molar-refractivity contribution in [1.29, 1.82) is 0 Å². The molecule has 0 heterocycles. The molecule has 4 nitrogen and oxygen atoms in total. The fourth-order valence-electron chi connectivity index (χ4n) is 2.56. The Morgan fingerprint density at radius 2 is 1.84 bits per heavy atom. The van der Waals surface area contributed by atoms with E-state index in [1.54, 1.807) is 19.3 Å². The number of methoxy groups -OCH3 is 1. The summed E-state index contributed by atoms with van der Waals surface area (Å²) in [5, 5.41) is 2.92. The second-order valence-corrected chi connectivity index (χ2v) is 5.94. The van der Waals surface area contributed by atoms with E-state index in [0.29, 0.717) is 6.54 Å². The summed E-state index contributed by atoms with van der Waals surface area (Å²) >= 11 is 0. The number of benzene rings is 2. The van der Waals surface area contributed by atoms with Crippen LogP contribution in [0, 0.1) is 0 Å². The lowest BCUT2D eigenvalue weighted by Crippen LogP contribution is -2.26. The molecule has 0 aliphatic heterocycles. The van der Waals surface area contributed by atoms with E-state index >= 15 is 0 Å². The number of carbonyl (C=O) groups is 1. The SMILES string of the molecule is COc1ccccc1/C=C/C(=O)NCCCN(C)Cc1ccccc1. The standard InChI is InChI=1S/C21H26N2O2/c1-23(17-18-9-4-3-5-10-18)16-8-15-22-21(24)14-13-19-11-6-7-12-20(19)25-2/h3-7,9-14H,8,15-17H2,1-2H3,(H,22,24)/b14-13+. The summed E-state index contributed by atoms with van der Waals surface area (Å²) in [6, 6.07) is 18.0. The van der Waals surface area contributed by atoms with E-state index in [1.807, 2.05) is 30.3 Å². The first kappa shape index (κ1) is 18.7. The third-order valence-corrected chi connectivity index (χ3v) is 3.86. The summed E-state index contributed by atoms with van der Waals surface area (Å²) in [6.45, 7) is 2.52. The molecule has 2 aromatic carbocycles. The number of rotatable bonds is 9. The first-order valence-electron chi connectivity index (χ1n) is 8.50. The highest BCUT2D eigenvalue weighted by molar-refractivity contribution is 5.92. The molecule has 0 saturated heterocycles. The van der Waals surface area contributed by atoms with Crippen molar-refractivity contribution in [1.82, 2.24) is 10.2 Å². The minimum absolute atomic E-state index is 0.0865. The van der Waals surface area contributed by atoms with E-state index in [2.05, 4.69) is 41.5 Å². The third-order valence-electron chi connectivity index (χ3n) is 3.86. The average molecular weight is 338 g/mol. The fraction of sp³-hybridized carbons (Fsp3) is 0.286. The number of para-hydroxylation sites is 1. The second-order valence-electron chi connectivity index (χ2n) is 5.94. The molecule has 0 aliphatic rings. The lowest BCUT2D eigenvalue weighted by atomic mass is 10.2. The molecule has 0 aromatic heterocycles. The van der Waals surface area contributed by atoms with Gasteiger partial charge < -0.3 is 15.0 Å². The van der Waals surface area contributed by atoms with E-state index in [4.69, 9.17) is 4.74 Å². The highest BCUT2D eigenvalue weighted by Gasteiger charge is 2.01. The molecule has 0 spiro atoms. The molecule has 2 rings (SSSR count). The maximum atomic E-state index is 11.9. The van der Waals surface area contributed by atoms with Gasteiger partial charge in [-0.25, -0.2) is 0 Å². The number of amides is 1. The van der Waals surface area contributed by atoms with E-state index in [0.717, 1.165) is 30.8 Å². The van der Waals surface area contributed by atoms with Crippen LogP contribution in [-0.4, -0.2) is 38.1 Å². The van der Waals surface area contributed by atoms with Crippen LogP contribution in [0.4, 0.5) is 0 Å². The predicted octanol–water partition coefficient (Wildman–Crippen LogP) is 3.35. The number of carbonyl (C=O) groups excluding carboxylic acids is 1. The van der Waals surface area contributed by atoms with Gasteiger partial charge in [0, 0.05) is 24.7 Å². The predicted molar refractivity (Wildman–Crippen MR) is 102 cm³/mol. The largest absolute Gasteiger partial charge is 0.496 e. The van der Waals surface area contributed by atoms with Gasteiger partial charge in [-0.1, -0.05) is 48.5 Å². The van der Waals surface area contributed by atoms with Crippen LogP contribution in [0.3, 0.4) is 0 Å². The van der Waals surface area contributed by atoms with Gasteiger partial charge in [0.15, 0.2) is 0 Å². The van der Waals surface area contributed by atoms with Gasteiger partial charge in [-0.2, -0.15) is 0 Å². The highest BCUT2D eigenvalue weighted by Crippen LogP contribution is 2.18. The smallest absolute Gasteiger partial charge is 0.244 e. The summed E-state index contributed by atoms with van der Waals surface area (Å²) in [5.41, 5.74) is 2.19. The Morgan fingerprint density at radius 3 is 2.60 bits per heavy atom. The van der Waals surface area contributed by atoms with E-state index in [9.17, 15) is 4.79 Å². The lowest BCUT2D eigenvalue weighted by molar-refractivity contribution is -0.116. The zero-order valence-corrected chi connectivity index (χ0v) is 14.9. The van der Waals surface area contributed by atoms with Gasteiger partial charge in [0.05, 0.1) is 7.11 Å². The van der Waals surface area contributed by atoms with Crippen molar-refractivity contribution >= 4 is 12.0 Å². The van der Waals surface area contributed by atoms with Crippen LogP contribution in [0.5, 0.6) is 5.75 Å². The Hall–Kier alpha value is -2.59. The van der Waals surface area contributed by atoms with Crippen LogP contribution in [-0.2, 0) is 11.3 Å². The molecular weight excluding hydrogens is 312 g/mol. The number of hydrogen-bond acceptors (Lipinski definition) is 3. The Labute approximate surface area is 150 Å². The molecule has 1 N–H and O–H groups in total. The molecule has 4 heteroatoms. The van der Waals surface area contributed by atoms with Gasteiger partial charge >= 0.3 is 0 Å². The first-order valence-corrected chi connectivity index (χ1v) is 8.50. The minimum atomic E-state index is -0.0865. The van der Waals surface area contributed by atoms with Crippen LogP contribution in [0.1, 0.15) is 17.5 Å². The fourth-order valence-corrected chi connectivity index (χ4v) is 2.56. The normalized spacial score (nSPS) is 11.0. The molecule has 2 aromatic rings. The molecule has 132 valence electrons. The maximum absolute atomic E-state index is 11.9. The van der Waals surface area contributed by atoms with E-state index < -0.39 is 0 Å². The third kappa shape index (κ3) is 6.81. The Kier molecular flexibility index (Phi) is 7.73. The summed E-state index contributed by atoms with van der Waals surface area (Å²) in [6.07, 6.45) is 4.23. The maximum Gasteiger partial charge on any atom is 0.244 e. The molecule has 25 heavy (non-hydrogen) atoms. The van der Waals surface area contributed by atoms with Gasteiger partial charge in [0.2, 0.25) is 5.91 Å². The topological polar surface area (TPSA) is 41.6 Å². The highest BCUT2D eigenvalue weighted by atomic mass is 16.5. The lowest BCUT2D eigenvalue weighted by Gasteiger charge is -2.16. The average Bonchev–Trinajstić information content (AvgIpc) is 2.64. The first-order chi connectivity index (χ1) is 12.2. The van der Waals surface area contributed by atoms with Crippen molar-refractivity contribution in [3.8, 4) is 5.75 Å². The number of hydrogen-bond donors (Lipinski definition) is 1. The van der Waals surface area contributed by atoms with Gasteiger partial charge in [0.1, 0.15) is 5.75 Å². The second kappa shape index (κ2) is 10.3. The summed E-state index contributed by atoms with van der Waals surface area (Å²) in [7, 11) is 3.72. The van der Waals surface area contributed by atoms with Gasteiger partial charge in [-0.05, 0) is 37.7 Å². The quantitative estimate of drug-likeness (QED) is 0.563. The molecule has 0 atom stereocenters. The number of ether oxygens (including phenoxy) is 1. The molecular formula is C21H26N2O2. The van der Waals surface area contributed by atoms with Crippen molar-refractivity contribution in [3.05, 3.63) is 71.8 Å². The van der Waals surface area contributed by atoms with Crippen molar-refractivity contribution < 1.29 is 9.53 Å². The number of nitrogens with zero attached hydrogens (tertiary/aromatic N) is 1. The van der Waals surface area contributed by atoms with Gasteiger partial charge in [0.25, 0.3) is 0 Å². The zero-order chi connectivity index (χ0) is 17.9. The van der Waals surface area contributed by atoms with Crippen LogP contribution < -0.4 is 10.1 Å². The van der Waals surface area contributed by atoms with E-state index in [1.165, 1.54) is 5.56 Å². The molecule has 0 unspecified atom stereocenters. The number of nitrogens with one attached hydrogen (secondary N) is 1. The summed E-state index contributed by atoms with van der Waals surface area (Å²) in [4.78, 5) is 14.2. The summed E-state index contributed by atoms with van der Waals surface area (Å²) in [5.74, 6) is 0.672. The van der Waals surface area contributed by atoms with Crippen LogP contribution >= 0.6 is 0 Å². The molecule has 0 fully saturated rings. The monoisotopic (exact) mass is 338 g/mol. The zero-order valence-electron chi connectivity index (χ0n) is 14.9. The van der Waals surface area contributed by atoms with E-state index in [-0.39, 0.29) is 5.91 Å². The Morgan fingerprint density at radius 1 is 1.12 bits per heavy atom. The van der Waals surface area contributed by atoms with Crippen LogP contribution in [0.15, 0.2) is 60.7 Å². The van der Waals surface area contributed by atoms with Crippen molar-refractivity contribution in [2.45, 2.75) is 13.0 Å². The molecule has 0 saturated carbocycles. The van der Waals surface area contributed by atoms with Crippen molar-refractivity contribution in [2.24, 2.45) is 0 Å². The summed E-state index contributed by atoms with van der Waals surface area (Å²) < 4.78 is 5.26. The van der Waals surface area contributed by atoms with Crippen LogP contribution in [0.2, 0.25) is 0 Å². The van der Waals surface area contributed by atoms with Crippen LogP contribution in [0.25, 0.3) is 6.08 Å².